The Kier molecular flexibility index (Phi) is 11.1. The molecule has 0 aromatic carbocycles. The van der Waals surface area contributed by atoms with Crippen molar-refractivity contribution in [3.05, 3.63) is 11.6 Å². The van der Waals surface area contributed by atoms with Gasteiger partial charge in [-0.3, -0.25) is 0 Å². The summed E-state index contributed by atoms with van der Waals surface area (Å²) in [5, 5.41) is 66.9. The highest BCUT2D eigenvalue weighted by Gasteiger charge is 2.71. The van der Waals surface area contributed by atoms with Crippen LogP contribution >= 0.6 is 0 Å². The zero-order chi connectivity index (χ0) is 39.2. The predicted octanol–water partition coefficient (Wildman–Crippen LogP) is 2.22. The molecular formula is C41H64O14. The molecular weight excluding hydrogens is 716 g/mol. The first-order valence-electron chi connectivity index (χ1n) is 20.9. The van der Waals surface area contributed by atoms with Crippen LogP contribution in [0.5, 0.6) is 0 Å². The molecule has 0 bridgehead atoms. The molecule has 0 aromatic heterocycles. The minimum Gasteiger partial charge on any atom is -0.458 e. The van der Waals surface area contributed by atoms with E-state index in [2.05, 4.69) is 6.92 Å². The Bertz CT molecular complexity index is 1410. The third-order valence-electron chi connectivity index (χ3n) is 16.0. The number of carbonyl (C=O) groups is 1. The third kappa shape index (κ3) is 6.95. The Balaban J connectivity index is 0.837. The first-order valence-corrected chi connectivity index (χ1v) is 20.9. The number of fused-ring (bicyclic) bond motifs is 5. The van der Waals surface area contributed by atoms with Crippen LogP contribution in [0.4, 0.5) is 0 Å². The summed E-state index contributed by atoms with van der Waals surface area (Å²) in [5.41, 5.74) is -0.892. The fourth-order valence-electron chi connectivity index (χ4n) is 12.8. The fourth-order valence-corrected chi connectivity index (χ4v) is 12.8. The van der Waals surface area contributed by atoms with Gasteiger partial charge in [-0.15, -0.1) is 0 Å². The number of hydrogen-bond donors (Lipinski definition) is 6. The van der Waals surface area contributed by atoms with E-state index in [9.17, 15) is 35.4 Å². The molecule has 8 rings (SSSR count). The van der Waals surface area contributed by atoms with Crippen molar-refractivity contribution in [1.82, 2.24) is 0 Å². The van der Waals surface area contributed by atoms with Crippen molar-refractivity contribution in [2.45, 2.75) is 197 Å². The summed E-state index contributed by atoms with van der Waals surface area (Å²) in [6.45, 7) is 9.90. The van der Waals surface area contributed by atoms with Crippen LogP contribution in [0.25, 0.3) is 0 Å². The summed E-state index contributed by atoms with van der Waals surface area (Å²) in [6.07, 6.45) is -1.51. The van der Waals surface area contributed by atoms with Crippen LogP contribution in [0, 0.1) is 34.5 Å². The maximum Gasteiger partial charge on any atom is 0.331 e. The van der Waals surface area contributed by atoms with Gasteiger partial charge in [-0.25, -0.2) is 4.79 Å². The van der Waals surface area contributed by atoms with E-state index in [1.807, 2.05) is 13.8 Å². The SMILES string of the molecule is C[C@H]1O[C@@H](OC2[C@@H](O)C[C@H](O[C@H]3CC[C@@]4(C)[C@H](CC[C@@H]5[C@@H]4C[C@@H](O)[C@]4(C)[C@@H](C6=CC(=O)OC6)CC[C@]54O)C3)O[C@@H]2C)C[C@H](O)C1O[C@H]1C[C@H](O)[C@H](O)[C@@H](C)O1. The Labute approximate surface area is 323 Å². The summed E-state index contributed by atoms with van der Waals surface area (Å²) in [4.78, 5) is 11.9. The number of esters is 1. The largest absolute Gasteiger partial charge is 0.458 e. The third-order valence-corrected chi connectivity index (χ3v) is 16.0. The van der Waals surface area contributed by atoms with Crippen molar-refractivity contribution in [2.24, 2.45) is 34.5 Å². The predicted molar refractivity (Wildman–Crippen MR) is 193 cm³/mol. The second-order valence-electron chi connectivity index (χ2n) is 18.8. The molecule has 2 unspecified atom stereocenters. The van der Waals surface area contributed by atoms with Crippen LogP contribution in [0.3, 0.4) is 0 Å². The summed E-state index contributed by atoms with van der Waals surface area (Å²) >= 11 is 0. The quantitative estimate of drug-likeness (QED) is 0.162. The molecule has 0 spiro atoms. The van der Waals surface area contributed by atoms with Crippen molar-refractivity contribution in [3.63, 3.8) is 0 Å². The monoisotopic (exact) mass is 780 g/mol. The second-order valence-corrected chi connectivity index (χ2v) is 18.8. The van der Waals surface area contributed by atoms with Gasteiger partial charge in [-0.2, -0.15) is 0 Å². The molecule has 14 nitrogen and oxygen atoms in total. The standard InChI is InChI=1S/C41H64O14/c1-19-36(47)28(42)15-34(50-19)54-38-21(3)52-35(17-30(38)44)55-37-20(2)51-33(16-29(37)43)53-24-8-10-39(4)23(13-24)6-7-26-27(39)14-31(45)40(5)25(9-11-41(26,40)48)22-12-32(46)49-18-22/h12,19-21,23-31,33-38,42-45,47-48H,6-11,13-18H2,1-5H3/t19-,20-,21-,23-,24+,25-,26-,27+,28+,29+,30+,31-,33+,34+,35+,36-,37?,38?,39+,40+,41+/m1/s1. The molecule has 3 saturated heterocycles. The molecule has 4 aliphatic carbocycles. The van der Waals surface area contributed by atoms with Crippen LogP contribution in [0.2, 0.25) is 0 Å². The first kappa shape index (κ1) is 40.5. The minimum atomic E-state index is -1.01. The molecule has 312 valence electrons. The van der Waals surface area contributed by atoms with Crippen LogP contribution in [0.15, 0.2) is 11.6 Å². The van der Waals surface area contributed by atoms with Crippen molar-refractivity contribution in [3.8, 4) is 0 Å². The molecule has 4 saturated carbocycles. The van der Waals surface area contributed by atoms with Gasteiger partial charge in [-0.1, -0.05) is 13.8 Å². The van der Waals surface area contributed by atoms with Crippen LogP contribution < -0.4 is 0 Å². The number of aliphatic hydroxyl groups excluding tert-OH is 5. The molecule has 8 aliphatic rings. The highest BCUT2D eigenvalue weighted by molar-refractivity contribution is 5.85. The molecule has 14 heteroatoms. The molecule has 21 atom stereocenters. The molecule has 55 heavy (non-hydrogen) atoms. The number of carbonyl (C=O) groups excluding carboxylic acids is 1. The maximum absolute atomic E-state index is 12.6. The van der Waals surface area contributed by atoms with Gasteiger partial charge in [-0.05, 0) is 107 Å². The van der Waals surface area contributed by atoms with Crippen LogP contribution in [0.1, 0.15) is 105 Å². The average molecular weight is 781 g/mol. The minimum absolute atomic E-state index is 0.0452. The smallest absolute Gasteiger partial charge is 0.331 e. The zero-order valence-corrected chi connectivity index (χ0v) is 32.9. The fraction of sp³-hybridized carbons (Fsp3) is 0.927. The number of rotatable bonds is 7. The van der Waals surface area contributed by atoms with Crippen LogP contribution in [-0.2, 0) is 38.0 Å². The van der Waals surface area contributed by atoms with E-state index in [4.69, 9.17) is 33.2 Å². The summed E-state index contributed by atoms with van der Waals surface area (Å²) in [5.74, 6) is 0.204. The van der Waals surface area contributed by atoms with Crippen molar-refractivity contribution >= 4 is 5.97 Å². The van der Waals surface area contributed by atoms with E-state index >= 15 is 0 Å². The molecule has 7 fully saturated rings. The van der Waals surface area contributed by atoms with Gasteiger partial charge in [0.2, 0.25) is 0 Å². The topological polar surface area (TPSA) is 203 Å². The van der Waals surface area contributed by atoms with E-state index in [-0.39, 0.29) is 61.1 Å². The lowest BCUT2D eigenvalue weighted by atomic mass is 9.42. The second kappa shape index (κ2) is 15.1. The van der Waals surface area contributed by atoms with Crippen molar-refractivity contribution < 1.29 is 68.6 Å². The number of hydrogen-bond acceptors (Lipinski definition) is 14. The first-order chi connectivity index (χ1) is 26.0. The molecule has 0 radical (unpaired) electrons. The lowest BCUT2D eigenvalue weighted by molar-refractivity contribution is -0.336. The lowest BCUT2D eigenvalue weighted by Crippen LogP contribution is -2.67. The van der Waals surface area contributed by atoms with E-state index in [0.717, 1.165) is 44.1 Å². The van der Waals surface area contributed by atoms with Gasteiger partial charge < -0.3 is 63.8 Å². The normalized spacial score (nSPS) is 55.5. The van der Waals surface area contributed by atoms with E-state index in [1.54, 1.807) is 19.9 Å². The van der Waals surface area contributed by atoms with Crippen LogP contribution in [-0.4, -0.2) is 135 Å². The highest BCUT2D eigenvalue weighted by Crippen LogP contribution is 2.70. The van der Waals surface area contributed by atoms with Gasteiger partial charge in [0.1, 0.15) is 24.9 Å². The summed E-state index contributed by atoms with van der Waals surface area (Å²) in [7, 11) is 0. The number of ether oxygens (including phenoxy) is 7. The van der Waals surface area contributed by atoms with E-state index < -0.39 is 90.9 Å². The molecule has 0 aromatic rings. The van der Waals surface area contributed by atoms with E-state index in [1.165, 1.54) is 0 Å². The molecule has 4 aliphatic heterocycles. The van der Waals surface area contributed by atoms with Crippen molar-refractivity contribution in [1.29, 1.82) is 0 Å². The Hall–Kier alpha value is -1.27. The number of aliphatic hydroxyl groups is 6. The Morgan fingerprint density at radius 1 is 0.691 bits per heavy atom. The Morgan fingerprint density at radius 3 is 1.87 bits per heavy atom. The number of cyclic esters (lactones) is 1. The van der Waals surface area contributed by atoms with Gasteiger partial charge in [0, 0.05) is 30.8 Å². The van der Waals surface area contributed by atoms with E-state index in [0.29, 0.717) is 18.8 Å². The maximum atomic E-state index is 12.6. The summed E-state index contributed by atoms with van der Waals surface area (Å²) < 4.78 is 42.1. The highest BCUT2D eigenvalue weighted by atomic mass is 16.7. The molecule has 4 heterocycles. The Morgan fingerprint density at radius 2 is 1.29 bits per heavy atom. The summed E-state index contributed by atoms with van der Waals surface area (Å²) in [6, 6.07) is 0. The lowest BCUT2D eigenvalue weighted by Gasteiger charge is -2.65. The van der Waals surface area contributed by atoms with Gasteiger partial charge in [0.25, 0.3) is 0 Å². The molecule has 0 amide bonds. The zero-order valence-electron chi connectivity index (χ0n) is 32.9. The van der Waals surface area contributed by atoms with Gasteiger partial charge in [0.15, 0.2) is 18.9 Å². The molecule has 6 N–H and O–H groups in total. The van der Waals surface area contributed by atoms with Gasteiger partial charge in [0.05, 0.1) is 54.4 Å². The average Bonchev–Trinajstić information content (AvgIpc) is 3.67. The van der Waals surface area contributed by atoms with Gasteiger partial charge >= 0.3 is 5.97 Å². The van der Waals surface area contributed by atoms with Crippen molar-refractivity contribution in [2.75, 3.05) is 6.61 Å².